The van der Waals surface area contributed by atoms with Crippen LogP contribution in [0, 0.1) is 5.82 Å². The molecule has 6 rings (SSSR count). The maximum absolute atomic E-state index is 14.1. The third-order valence-corrected chi connectivity index (χ3v) is 9.56. The summed E-state index contributed by atoms with van der Waals surface area (Å²) in [7, 11) is -2.72. The molecule has 0 aliphatic carbocycles. The number of esters is 1. The predicted molar refractivity (Wildman–Crippen MR) is 160 cm³/mol. The number of methoxy groups -OCH3 is 1. The molecule has 1 saturated heterocycles. The number of benzene rings is 3. The molecule has 3 aromatic carbocycles. The van der Waals surface area contributed by atoms with Crippen LogP contribution in [0.15, 0.2) is 84.4 Å². The van der Waals surface area contributed by atoms with E-state index >= 15 is 0 Å². The summed E-state index contributed by atoms with van der Waals surface area (Å²) >= 11 is 0. The first kappa shape index (κ1) is 28.8. The number of hydrogen-bond donors (Lipinski definition) is 1. The van der Waals surface area contributed by atoms with Gasteiger partial charge in [0.15, 0.2) is 0 Å². The van der Waals surface area contributed by atoms with Crippen LogP contribution in [-0.2, 0) is 29.9 Å². The molecule has 222 valence electrons. The van der Waals surface area contributed by atoms with E-state index in [1.807, 2.05) is 4.57 Å². The number of nitrogens with zero attached hydrogens (tertiary/aromatic N) is 3. The van der Waals surface area contributed by atoms with Crippen molar-refractivity contribution in [2.75, 3.05) is 20.3 Å². The average molecular weight is 604 g/mol. The van der Waals surface area contributed by atoms with E-state index in [0.717, 1.165) is 4.09 Å². The standard InChI is InChI=1S/C32H30FN3O6S/c1-21(8-13-29(37)41-2)30-26-19-27-22(20-34-36(27)43(39,40)25-6-4-3-5-7-25)18-28(26)35(24-11-9-23(33)10-12-24)31(30)32(38)14-16-42-17-15-32/h3-7,9-12,18-20,38H,1,8,13-17H2,2H3. The number of hydrogen-bond acceptors (Lipinski definition) is 7. The zero-order valence-corrected chi connectivity index (χ0v) is 24.3. The van der Waals surface area contributed by atoms with Crippen LogP contribution in [0.4, 0.5) is 4.39 Å². The fourth-order valence-corrected chi connectivity index (χ4v) is 7.04. The first-order valence-electron chi connectivity index (χ1n) is 13.8. The summed E-state index contributed by atoms with van der Waals surface area (Å²) in [6.45, 7) is 4.95. The maximum atomic E-state index is 14.1. The van der Waals surface area contributed by atoms with Gasteiger partial charge in [0, 0.05) is 54.5 Å². The van der Waals surface area contributed by atoms with E-state index in [4.69, 9.17) is 9.47 Å². The minimum Gasteiger partial charge on any atom is -0.469 e. The Labute approximate surface area is 247 Å². The Kier molecular flexibility index (Phi) is 7.41. The lowest BCUT2D eigenvalue weighted by Crippen LogP contribution is -2.36. The van der Waals surface area contributed by atoms with Gasteiger partial charge in [0.2, 0.25) is 0 Å². The molecule has 0 radical (unpaired) electrons. The van der Waals surface area contributed by atoms with Gasteiger partial charge >= 0.3 is 5.97 Å². The van der Waals surface area contributed by atoms with E-state index in [1.54, 1.807) is 42.5 Å². The second kappa shape index (κ2) is 11.1. The minimum atomic E-state index is -4.03. The van der Waals surface area contributed by atoms with Crippen molar-refractivity contribution in [2.24, 2.45) is 0 Å². The zero-order valence-electron chi connectivity index (χ0n) is 23.5. The van der Waals surface area contributed by atoms with Crippen molar-refractivity contribution < 1.29 is 32.2 Å². The number of rotatable bonds is 8. The molecule has 2 aromatic heterocycles. The quantitative estimate of drug-likeness (QED) is 0.239. The molecular formula is C32H30FN3O6S. The van der Waals surface area contributed by atoms with Gasteiger partial charge in [-0.2, -0.15) is 17.6 Å². The molecule has 11 heteroatoms. The molecule has 0 amide bonds. The van der Waals surface area contributed by atoms with Crippen LogP contribution >= 0.6 is 0 Å². The fourth-order valence-electron chi connectivity index (χ4n) is 5.75. The van der Waals surface area contributed by atoms with Gasteiger partial charge in [-0.1, -0.05) is 24.8 Å². The molecule has 0 spiro atoms. The van der Waals surface area contributed by atoms with Crippen LogP contribution in [0.25, 0.3) is 33.1 Å². The second-order valence-electron chi connectivity index (χ2n) is 10.6. The number of carbonyl (C=O) groups is 1. The van der Waals surface area contributed by atoms with E-state index in [0.29, 0.717) is 57.5 Å². The summed E-state index contributed by atoms with van der Waals surface area (Å²) in [5.74, 6) is -0.826. The lowest BCUT2D eigenvalue weighted by atomic mass is 9.85. The molecule has 1 aliphatic rings. The summed E-state index contributed by atoms with van der Waals surface area (Å²) in [5, 5.41) is 17.6. The van der Waals surface area contributed by atoms with E-state index in [1.165, 1.54) is 37.6 Å². The molecular weight excluding hydrogens is 573 g/mol. The molecule has 9 nitrogen and oxygen atoms in total. The number of carbonyl (C=O) groups excluding carboxylic acids is 1. The Morgan fingerprint density at radius 1 is 1.07 bits per heavy atom. The van der Waals surface area contributed by atoms with E-state index in [9.17, 15) is 22.7 Å². The molecule has 1 N–H and O–H groups in total. The van der Waals surface area contributed by atoms with Crippen molar-refractivity contribution in [1.29, 1.82) is 0 Å². The van der Waals surface area contributed by atoms with Crippen molar-refractivity contribution in [2.45, 2.75) is 36.2 Å². The molecule has 5 aromatic rings. The lowest BCUT2D eigenvalue weighted by molar-refractivity contribution is -0.140. The van der Waals surface area contributed by atoms with Gasteiger partial charge in [0.05, 0.1) is 34.9 Å². The van der Waals surface area contributed by atoms with Gasteiger partial charge in [0.25, 0.3) is 10.0 Å². The highest BCUT2D eigenvalue weighted by Crippen LogP contribution is 2.45. The van der Waals surface area contributed by atoms with E-state index < -0.39 is 27.4 Å². The molecule has 1 fully saturated rings. The van der Waals surface area contributed by atoms with E-state index in [2.05, 4.69) is 11.7 Å². The zero-order chi connectivity index (χ0) is 30.4. The number of allylic oxidation sites excluding steroid dienone is 1. The van der Waals surface area contributed by atoms with Gasteiger partial charge < -0.3 is 19.1 Å². The molecule has 0 atom stereocenters. The predicted octanol–water partition coefficient (Wildman–Crippen LogP) is 5.32. The van der Waals surface area contributed by atoms with Crippen LogP contribution < -0.4 is 0 Å². The number of ether oxygens (including phenoxy) is 2. The summed E-state index contributed by atoms with van der Waals surface area (Å²) in [4.78, 5) is 12.2. The molecule has 0 unspecified atom stereocenters. The normalized spacial score (nSPS) is 15.1. The average Bonchev–Trinajstić information content (AvgIpc) is 3.59. The van der Waals surface area contributed by atoms with Crippen LogP contribution in [0.2, 0.25) is 0 Å². The van der Waals surface area contributed by atoms with Crippen molar-refractivity contribution >= 4 is 43.4 Å². The number of aliphatic hydroxyl groups is 1. The van der Waals surface area contributed by atoms with Gasteiger partial charge in [0.1, 0.15) is 11.4 Å². The highest BCUT2D eigenvalue weighted by molar-refractivity contribution is 7.90. The fraction of sp³-hybridized carbons (Fsp3) is 0.250. The van der Waals surface area contributed by atoms with Crippen LogP contribution in [-0.4, -0.2) is 53.6 Å². The third kappa shape index (κ3) is 5.03. The van der Waals surface area contributed by atoms with Gasteiger partial charge in [-0.15, -0.1) is 0 Å². The molecule has 0 saturated carbocycles. The van der Waals surface area contributed by atoms with Crippen molar-refractivity contribution in [3.05, 3.63) is 96.6 Å². The Balaban J connectivity index is 1.68. The monoisotopic (exact) mass is 603 g/mol. The van der Waals surface area contributed by atoms with Gasteiger partial charge in [-0.05, 0) is 60.5 Å². The van der Waals surface area contributed by atoms with Crippen molar-refractivity contribution in [3.8, 4) is 5.69 Å². The van der Waals surface area contributed by atoms with Gasteiger partial charge in [-0.3, -0.25) is 4.79 Å². The van der Waals surface area contributed by atoms with Crippen LogP contribution in [0.5, 0.6) is 0 Å². The first-order chi connectivity index (χ1) is 20.6. The van der Waals surface area contributed by atoms with Crippen molar-refractivity contribution in [1.82, 2.24) is 13.8 Å². The molecule has 43 heavy (non-hydrogen) atoms. The smallest absolute Gasteiger partial charge is 0.305 e. The van der Waals surface area contributed by atoms with Gasteiger partial charge in [-0.25, -0.2) is 4.39 Å². The largest absolute Gasteiger partial charge is 0.469 e. The number of halogens is 1. The Morgan fingerprint density at radius 2 is 1.77 bits per heavy atom. The second-order valence-corrected chi connectivity index (χ2v) is 12.4. The molecule has 3 heterocycles. The van der Waals surface area contributed by atoms with Crippen LogP contribution in [0.3, 0.4) is 0 Å². The number of aromatic nitrogens is 3. The van der Waals surface area contributed by atoms with Crippen LogP contribution in [0.1, 0.15) is 36.9 Å². The van der Waals surface area contributed by atoms with E-state index in [-0.39, 0.29) is 30.6 Å². The van der Waals surface area contributed by atoms with Crippen molar-refractivity contribution in [3.63, 3.8) is 0 Å². The summed E-state index contributed by atoms with van der Waals surface area (Å²) in [6, 6.07) is 17.5. The number of fused-ring (bicyclic) bond motifs is 2. The Hall–Kier alpha value is -4.32. The maximum Gasteiger partial charge on any atom is 0.305 e. The highest BCUT2D eigenvalue weighted by atomic mass is 32.2. The minimum absolute atomic E-state index is 0.0576. The Morgan fingerprint density at radius 3 is 2.44 bits per heavy atom. The Bertz CT molecular complexity index is 1960. The molecule has 1 aliphatic heterocycles. The first-order valence-corrected chi connectivity index (χ1v) is 15.3. The summed E-state index contributed by atoms with van der Waals surface area (Å²) < 4.78 is 54.6. The summed E-state index contributed by atoms with van der Waals surface area (Å²) in [5.41, 5.74) is 1.87. The SMILES string of the molecule is C=C(CCC(=O)OC)c1c(C2(O)CCOCC2)n(-c2ccc(F)cc2)c2cc3cnn(S(=O)(=O)c4ccccc4)c3cc12. The summed E-state index contributed by atoms with van der Waals surface area (Å²) in [6.07, 6.45) is 2.34. The highest BCUT2D eigenvalue weighted by Gasteiger charge is 2.39. The molecule has 0 bridgehead atoms. The topological polar surface area (TPSA) is 113 Å². The lowest BCUT2D eigenvalue weighted by Gasteiger charge is -2.34. The third-order valence-electron chi connectivity index (χ3n) is 7.95.